The van der Waals surface area contributed by atoms with E-state index < -0.39 is 11.4 Å². The fourth-order valence-corrected chi connectivity index (χ4v) is 1.82. The first-order valence-corrected chi connectivity index (χ1v) is 6.20. The second kappa shape index (κ2) is 5.50. The molecule has 0 aliphatic heterocycles. The lowest BCUT2D eigenvalue weighted by Gasteiger charge is -2.19. The summed E-state index contributed by atoms with van der Waals surface area (Å²) in [5, 5.41) is 9.51. The molecule has 0 fully saturated rings. The maximum Gasteiger partial charge on any atom is 0.326 e. The van der Waals surface area contributed by atoms with Crippen molar-refractivity contribution >= 4 is 11.7 Å². The van der Waals surface area contributed by atoms with E-state index in [0.29, 0.717) is 11.3 Å². The third-order valence-electron chi connectivity index (χ3n) is 3.12. The minimum absolute atomic E-state index is 0.525. The highest BCUT2D eigenvalue weighted by Crippen LogP contribution is 2.25. The molecule has 0 heterocycles. The first-order valence-electron chi connectivity index (χ1n) is 6.20. The Morgan fingerprint density at radius 1 is 1.15 bits per heavy atom. The summed E-state index contributed by atoms with van der Waals surface area (Å²) in [6.07, 6.45) is 0. The lowest BCUT2D eigenvalue weighted by Crippen LogP contribution is -2.30. The fraction of sp³-hybridized carbons (Fsp3) is 0.118. The van der Waals surface area contributed by atoms with Crippen molar-refractivity contribution in [1.82, 2.24) is 0 Å². The molecule has 100 valence electrons. The molecule has 0 aromatic heterocycles. The smallest absolute Gasteiger partial charge is 0.326 e. The molecule has 20 heavy (non-hydrogen) atoms. The van der Waals surface area contributed by atoms with Gasteiger partial charge in [0.05, 0.1) is 0 Å². The molecule has 2 rings (SSSR count). The Balaban J connectivity index is 2.47. The predicted octanol–water partition coefficient (Wildman–Crippen LogP) is 2.66. The van der Waals surface area contributed by atoms with Crippen molar-refractivity contribution in [3.8, 4) is 11.8 Å². The average molecular weight is 265 g/mol. The van der Waals surface area contributed by atoms with Crippen LogP contribution in [0.5, 0.6) is 0 Å². The second-order valence-electron chi connectivity index (χ2n) is 4.67. The lowest BCUT2D eigenvalue weighted by molar-refractivity contribution is -0.140. The maximum absolute atomic E-state index is 11.6. The van der Waals surface area contributed by atoms with Gasteiger partial charge in [0.1, 0.15) is 0 Å². The van der Waals surface area contributed by atoms with Gasteiger partial charge in [-0.25, -0.2) is 0 Å². The number of carbonyl (C=O) groups is 1. The van der Waals surface area contributed by atoms with Crippen LogP contribution in [-0.2, 0) is 10.2 Å². The molecule has 2 aromatic carbocycles. The van der Waals surface area contributed by atoms with Gasteiger partial charge in [-0.15, -0.1) is 0 Å². The van der Waals surface area contributed by atoms with Gasteiger partial charge in [-0.2, -0.15) is 0 Å². The van der Waals surface area contributed by atoms with Crippen molar-refractivity contribution in [3.05, 3.63) is 65.7 Å². The van der Waals surface area contributed by atoms with Crippen LogP contribution in [0.15, 0.2) is 54.6 Å². The van der Waals surface area contributed by atoms with Crippen LogP contribution < -0.4 is 5.73 Å². The van der Waals surface area contributed by atoms with E-state index in [9.17, 15) is 9.90 Å². The van der Waals surface area contributed by atoms with Crippen LogP contribution in [0.2, 0.25) is 0 Å². The van der Waals surface area contributed by atoms with Crippen molar-refractivity contribution in [2.45, 2.75) is 12.3 Å². The van der Waals surface area contributed by atoms with Gasteiger partial charge >= 0.3 is 5.97 Å². The van der Waals surface area contributed by atoms with Gasteiger partial charge in [-0.3, -0.25) is 4.79 Å². The quantitative estimate of drug-likeness (QED) is 0.648. The molecule has 0 aliphatic rings. The molecule has 1 unspecified atom stereocenters. The molecule has 0 aliphatic carbocycles. The van der Waals surface area contributed by atoms with Crippen LogP contribution in [0.3, 0.4) is 0 Å². The van der Waals surface area contributed by atoms with Crippen LogP contribution in [0.1, 0.15) is 18.1 Å². The Labute approximate surface area is 118 Å². The Hall–Kier alpha value is -2.73. The SMILES string of the molecule is CC(C#Cc1ccccc1)(C(=O)O)c1cccc(N)c1. The van der Waals surface area contributed by atoms with E-state index in [4.69, 9.17) is 5.73 Å². The summed E-state index contributed by atoms with van der Waals surface area (Å²) in [4.78, 5) is 11.6. The number of anilines is 1. The Morgan fingerprint density at radius 3 is 2.45 bits per heavy atom. The van der Waals surface area contributed by atoms with Gasteiger partial charge in [0.25, 0.3) is 0 Å². The molecule has 0 bridgehead atoms. The molecule has 0 radical (unpaired) electrons. The van der Waals surface area contributed by atoms with Crippen LogP contribution in [0, 0.1) is 11.8 Å². The van der Waals surface area contributed by atoms with Gasteiger partial charge in [0, 0.05) is 11.3 Å². The highest BCUT2D eigenvalue weighted by molar-refractivity contribution is 5.85. The molecular weight excluding hydrogens is 250 g/mol. The summed E-state index contributed by atoms with van der Waals surface area (Å²) in [5.41, 5.74) is 6.32. The molecule has 3 nitrogen and oxygen atoms in total. The molecule has 0 saturated heterocycles. The predicted molar refractivity (Wildman–Crippen MR) is 79.2 cm³/mol. The van der Waals surface area contributed by atoms with Gasteiger partial charge in [-0.1, -0.05) is 42.2 Å². The fourth-order valence-electron chi connectivity index (χ4n) is 1.82. The number of hydrogen-bond acceptors (Lipinski definition) is 2. The van der Waals surface area contributed by atoms with Crippen molar-refractivity contribution in [2.75, 3.05) is 5.73 Å². The van der Waals surface area contributed by atoms with Crippen LogP contribution in [0.25, 0.3) is 0 Å². The molecule has 0 spiro atoms. The third kappa shape index (κ3) is 2.81. The zero-order valence-electron chi connectivity index (χ0n) is 11.1. The molecule has 2 aromatic rings. The zero-order chi connectivity index (χ0) is 14.6. The van der Waals surface area contributed by atoms with Gasteiger partial charge < -0.3 is 10.8 Å². The topological polar surface area (TPSA) is 63.3 Å². The zero-order valence-corrected chi connectivity index (χ0v) is 11.1. The number of nitrogen functional groups attached to an aromatic ring is 1. The standard InChI is InChI=1S/C17H15NO2/c1-17(16(19)20,14-8-5-9-15(18)12-14)11-10-13-6-3-2-4-7-13/h2-9,12H,18H2,1H3,(H,19,20). The average Bonchev–Trinajstić information content (AvgIpc) is 2.45. The summed E-state index contributed by atoms with van der Waals surface area (Å²) >= 11 is 0. The monoisotopic (exact) mass is 265 g/mol. The number of aliphatic carboxylic acids is 1. The second-order valence-corrected chi connectivity index (χ2v) is 4.67. The summed E-state index contributed by atoms with van der Waals surface area (Å²) < 4.78 is 0. The van der Waals surface area contributed by atoms with E-state index in [2.05, 4.69) is 11.8 Å². The molecule has 0 amide bonds. The highest BCUT2D eigenvalue weighted by Gasteiger charge is 2.33. The van der Waals surface area contributed by atoms with E-state index in [1.807, 2.05) is 30.3 Å². The summed E-state index contributed by atoms with van der Waals surface area (Å²) in [6, 6.07) is 16.1. The molecular formula is C17H15NO2. The van der Waals surface area contributed by atoms with E-state index in [-0.39, 0.29) is 0 Å². The minimum Gasteiger partial charge on any atom is -0.480 e. The van der Waals surface area contributed by atoms with Gasteiger partial charge in [-0.05, 0) is 36.8 Å². The summed E-state index contributed by atoms with van der Waals surface area (Å²) in [7, 11) is 0. The first kappa shape index (κ1) is 13.7. The molecule has 3 heteroatoms. The highest BCUT2D eigenvalue weighted by atomic mass is 16.4. The Bertz CT molecular complexity index is 683. The number of carboxylic acid groups (broad SMARTS) is 1. The van der Waals surface area contributed by atoms with E-state index in [1.54, 1.807) is 31.2 Å². The number of benzene rings is 2. The van der Waals surface area contributed by atoms with Crippen LogP contribution in [0.4, 0.5) is 5.69 Å². The van der Waals surface area contributed by atoms with E-state index in [1.165, 1.54) is 0 Å². The van der Waals surface area contributed by atoms with Gasteiger partial charge in [0.15, 0.2) is 5.41 Å². The van der Waals surface area contributed by atoms with E-state index >= 15 is 0 Å². The summed E-state index contributed by atoms with van der Waals surface area (Å²) in [5.74, 6) is 4.77. The number of nitrogens with two attached hydrogens (primary N) is 1. The van der Waals surface area contributed by atoms with Crippen molar-refractivity contribution in [3.63, 3.8) is 0 Å². The van der Waals surface area contributed by atoms with E-state index in [0.717, 1.165) is 5.56 Å². The third-order valence-corrected chi connectivity index (χ3v) is 3.12. The summed E-state index contributed by atoms with van der Waals surface area (Å²) in [6.45, 7) is 1.58. The van der Waals surface area contributed by atoms with Crippen LogP contribution >= 0.6 is 0 Å². The number of rotatable bonds is 2. The van der Waals surface area contributed by atoms with Crippen molar-refractivity contribution in [2.24, 2.45) is 0 Å². The lowest BCUT2D eigenvalue weighted by atomic mass is 9.83. The largest absolute Gasteiger partial charge is 0.480 e. The first-order chi connectivity index (χ1) is 9.52. The molecule has 3 N–H and O–H groups in total. The van der Waals surface area contributed by atoms with Gasteiger partial charge in [0.2, 0.25) is 0 Å². The Kier molecular flexibility index (Phi) is 3.76. The molecule has 1 atom stereocenters. The van der Waals surface area contributed by atoms with Crippen molar-refractivity contribution in [1.29, 1.82) is 0 Å². The normalized spacial score (nSPS) is 12.8. The molecule has 0 saturated carbocycles. The number of carboxylic acids is 1. The Morgan fingerprint density at radius 2 is 1.85 bits per heavy atom. The van der Waals surface area contributed by atoms with Crippen molar-refractivity contribution < 1.29 is 9.90 Å². The van der Waals surface area contributed by atoms with Crippen LogP contribution in [-0.4, -0.2) is 11.1 Å². The maximum atomic E-state index is 11.6. The number of hydrogen-bond donors (Lipinski definition) is 2. The minimum atomic E-state index is -1.29.